The van der Waals surface area contributed by atoms with Crippen LogP contribution in [0, 0.1) is 5.41 Å². The van der Waals surface area contributed by atoms with Crippen molar-refractivity contribution in [3.63, 3.8) is 0 Å². The molecule has 1 heterocycles. The Bertz CT molecular complexity index is 296. The maximum absolute atomic E-state index is 6.77. The van der Waals surface area contributed by atoms with Gasteiger partial charge in [0.15, 0.2) is 0 Å². The van der Waals surface area contributed by atoms with Gasteiger partial charge in [-0.05, 0) is 29.7 Å². The molecule has 0 unspecified atom stereocenters. The first kappa shape index (κ1) is 8.74. The van der Waals surface area contributed by atoms with Gasteiger partial charge in [-0.1, -0.05) is 6.07 Å². The largest absolute Gasteiger partial charge is 0.399 e. The van der Waals surface area contributed by atoms with E-state index >= 15 is 0 Å². The zero-order valence-corrected chi connectivity index (χ0v) is 7.34. The van der Waals surface area contributed by atoms with Crippen LogP contribution < -0.4 is 5.73 Å². The van der Waals surface area contributed by atoms with Gasteiger partial charge in [0, 0.05) is 16.8 Å². The van der Waals surface area contributed by atoms with Gasteiger partial charge < -0.3 is 11.1 Å². The normalized spacial score (nSPS) is 12.2. The molecule has 0 aliphatic rings. The zero-order valence-electron chi connectivity index (χ0n) is 6.53. The van der Waals surface area contributed by atoms with Gasteiger partial charge in [-0.3, -0.25) is 0 Å². The smallest absolute Gasteiger partial charge is 0.0329 e. The van der Waals surface area contributed by atoms with Crippen LogP contribution in [0.4, 0.5) is 0 Å². The quantitative estimate of drug-likeness (QED) is 0.541. The van der Waals surface area contributed by atoms with E-state index in [1.807, 2.05) is 23.6 Å². The van der Waals surface area contributed by atoms with Crippen LogP contribution in [0.5, 0.6) is 0 Å². The molecule has 0 aliphatic heterocycles. The molecule has 0 radical (unpaired) electrons. The van der Waals surface area contributed by atoms with E-state index in [2.05, 4.69) is 0 Å². The Labute approximate surface area is 75.5 Å². The highest BCUT2D eigenvalue weighted by Gasteiger charge is 1.85. The van der Waals surface area contributed by atoms with Gasteiger partial charge in [-0.25, -0.2) is 0 Å². The topological polar surface area (TPSA) is 49.9 Å². The lowest BCUT2D eigenvalue weighted by molar-refractivity contribution is 1.44. The first-order valence-electron chi connectivity index (χ1n) is 3.51. The van der Waals surface area contributed by atoms with Gasteiger partial charge in [-0.2, -0.15) is 0 Å². The molecule has 0 atom stereocenters. The summed E-state index contributed by atoms with van der Waals surface area (Å²) in [6.45, 7) is 0. The third-order valence-electron chi connectivity index (χ3n) is 1.26. The molecule has 3 N–H and O–H groups in total. The van der Waals surface area contributed by atoms with Gasteiger partial charge in [0.05, 0.1) is 0 Å². The number of thiophene rings is 1. The van der Waals surface area contributed by atoms with Crippen LogP contribution in [0.25, 0.3) is 6.08 Å². The molecular weight excluding hydrogens is 168 g/mol. The van der Waals surface area contributed by atoms with Crippen molar-refractivity contribution >= 4 is 23.6 Å². The van der Waals surface area contributed by atoms with Crippen LogP contribution in [-0.4, -0.2) is 6.21 Å². The number of hydrogen-bond donors (Lipinski definition) is 2. The van der Waals surface area contributed by atoms with Crippen molar-refractivity contribution in [2.45, 2.75) is 0 Å². The molecule has 62 valence electrons. The van der Waals surface area contributed by atoms with Crippen LogP contribution in [0.2, 0.25) is 0 Å². The molecule has 0 fully saturated rings. The summed E-state index contributed by atoms with van der Waals surface area (Å²) in [7, 11) is 0. The van der Waals surface area contributed by atoms with Crippen LogP contribution >= 0.6 is 11.3 Å². The monoisotopic (exact) mass is 178 g/mol. The van der Waals surface area contributed by atoms with Crippen molar-refractivity contribution < 1.29 is 0 Å². The van der Waals surface area contributed by atoms with E-state index in [9.17, 15) is 0 Å². The molecular formula is C9H10N2S. The van der Waals surface area contributed by atoms with Crippen molar-refractivity contribution in [2.24, 2.45) is 5.73 Å². The lowest BCUT2D eigenvalue weighted by Gasteiger charge is -1.87. The third-order valence-corrected chi connectivity index (χ3v) is 2.10. The fourth-order valence-corrected chi connectivity index (χ4v) is 1.33. The highest BCUT2D eigenvalue weighted by molar-refractivity contribution is 7.10. The van der Waals surface area contributed by atoms with Crippen molar-refractivity contribution in [3.8, 4) is 0 Å². The standard InChI is InChI=1S/C9H10N2S/c10-6-5-8(11)3-4-9-2-1-7-12-9/h1-7,10H,11H2/b4-3+,8-5-,10-6?. The summed E-state index contributed by atoms with van der Waals surface area (Å²) in [5, 5.41) is 8.78. The summed E-state index contributed by atoms with van der Waals surface area (Å²) < 4.78 is 0. The Kier molecular flexibility index (Phi) is 3.29. The number of hydrogen-bond acceptors (Lipinski definition) is 3. The van der Waals surface area contributed by atoms with E-state index in [1.165, 1.54) is 6.21 Å². The third kappa shape index (κ3) is 2.72. The molecule has 0 saturated carbocycles. The van der Waals surface area contributed by atoms with Crippen molar-refractivity contribution in [1.82, 2.24) is 0 Å². The van der Waals surface area contributed by atoms with E-state index < -0.39 is 0 Å². The summed E-state index contributed by atoms with van der Waals surface area (Å²) in [6.07, 6.45) is 6.44. The molecule has 0 saturated heterocycles. The summed E-state index contributed by atoms with van der Waals surface area (Å²) in [6, 6.07) is 4.00. The molecule has 0 aliphatic carbocycles. The van der Waals surface area contributed by atoms with Gasteiger partial charge in [0.2, 0.25) is 0 Å². The average Bonchev–Trinajstić information content (AvgIpc) is 2.53. The maximum atomic E-state index is 6.77. The SMILES string of the molecule is N=C/C=C(N)/C=C/c1cccs1. The second-order valence-corrected chi connectivity index (χ2v) is 3.16. The van der Waals surface area contributed by atoms with Gasteiger partial charge in [0.1, 0.15) is 0 Å². The van der Waals surface area contributed by atoms with Gasteiger partial charge >= 0.3 is 0 Å². The molecule has 0 spiro atoms. The Morgan fingerprint density at radius 3 is 3.00 bits per heavy atom. The lowest BCUT2D eigenvalue weighted by Crippen LogP contribution is -1.91. The first-order chi connectivity index (χ1) is 5.83. The van der Waals surface area contributed by atoms with E-state index in [0.717, 1.165) is 4.88 Å². The van der Waals surface area contributed by atoms with Crippen LogP contribution in [0.1, 0.15) is 4.88 Å². The minimum absolute atomic E-state index is 0.596. The average molecular weight is 178 g/mol. The number of allylic oxidation sites excluding steroid dienone is 2. The highest BCUT2D eigenvalue weighted by Crippen LogP contribution is 2.10. The van der Waals surface area contributed by atoms with Crippen molar-refractivity contribution in [1.29, 1.82) is 5.41 Å². The second kappa shape index (κ2) is 4.51. The minimum Gasteiger partial charge on any atom is -0.399 e. The van der Waals surface area contributed by atoms with Crippen molar-refractivity contribution in [3.05, 3.63) is 40.2 Å². The van der Waals surface area contributed by atoms with Crippen LogP contribution in [0.15, 0.2) is 35.4 Å². The molecule has 0 aromatic carbocycles. The Morgan fingerprint density at radius 1 is 1.58 bits per heavy atom. The van der Waals surface area contributed by atoms with E-state index in [4.69, 9.17) is 11.1 Å². The summed E-state index contributed by atoms with van der Waals surface area (Å²) >= 11 is 1.66. The number of rotatable bonds is 3. The highest BCUT2D eigenvalue weighted by atomic mass is 32.1. The molecule has 0 bridgehead atoms. The Balaban J connectivity index is 2.62. The fraction of sp³-hybridized carbons (Fsp3) is 0. The molecule has 0 amide bonds. The Hall–Kier alpha value is -1.35. The van der Waals surface area contributed by atoms with Crippen LogP contribution in [-0.2, 0) is 0 Å². The molecule has 1 aromatic rings. The number of nitrogens with two attached hydrogens (primary N) is 1. The minimum atomic E-state index is 0.596. The number of nitrogens with one attached hydrogen (secondary N) is 1. The van der Waals surface area contributed by atoms with Crippen LogP contribution in [0.3, 0.4) is 0 Å². The Morgan fingerprint density at radius 2 is 2.42 bits per heavy atom. The van der Waals surface area contributed by atoms with Crippen molar-refractivity contribution in [2.75, 3.05) is 0 Å². The summed E-state index contributed by atoms with van der Waals surface area (Å²) in [5.41, 5.74) is 6.12. The zero-order chi connectivity index (χ0) is 8.81. The summed E-state index contributed by atoms with van der Waals surface area (Å²) in [5.74, 6) is 0. The lowest BCUT2D eigenvalue weighted by atomic mass is 10.3. The molecule has 12 heavy (non-hydrogen) atoms. The van der Waals surface area contributed by atoms with E-state index in [-0.39, 0.29) is 0 Å². The first-order valence-corrected chi connectivity index (χ1v) is 4.38. The second-order valence-electron chi connectivity index (χ2n) is 2.18. The fourth-order valence-electron chi connectivity index (χ4n) is 0.716. The van der Waals surface area contributed by atoms with E-state index in [0.29, 0.717) is 5.70 Å². The molecule has 1 aromatic heterocycles. The van der Waals surface area contributed by atoms with Gasteiger partial charge in [-0.15, -0.1) is 11.3 Å². The molecule has 3 heteroatoms. The van der Waals surface area contributed by atoms with Gasteiger partial charge in [0.25, 0.3) is 0 Å². The van der Waals surface area contributed by atoms with E-state index in [1.54, 1.807) is 23.5 Å². The predicted octanol–water partition coefficient (Wildman–Crippen LogP) is 2.25. The molecule has 1 rings (SSSR count). The maximum Gasteiger partial charge on any atom is 0.0329 e. The summed E-state index contributed by atoms with van der Waals surface area (Å²) in [4.78, 5) is 1.16. The predicted molar refractivity (Wildman–Crippen MR) is 54.4 cm³/mol. The molecule has 2 nitrogen and oxygen atoms in total.